The summed E-state index contributed by atoms with van der Waals surface area (Å²) in [6.45, 7) is 0. The largest absolute Gasteiger partial charge is 0.478 e. The Kier molecular flexibility index (Phi) is 3.85. The van der Waals surface area contributed by atoms with Crippen molar-refractivity contribution in [2.45, 2.75) is 10.6 Å². The number of hydrogen-bond donors (Lipinski definition) is 1. The Bertz CT molecular complexity index is 753. The lowest BCUT2D eigenvalue weighted by atomic mass is 10.1. The first-order chi connectivity index (χ1) is 9.38. The standard InChI is InChI=1S/C14H11FO4S/c15-12-5-2-6-13(8-12)20(18,19)9-10-3-1-4-11(7-10)14(16)17/h1-8H,9H2,(H,16,17). The van der Waals surface area contributed by atoms with E-state index in [0.717, 1.165) is 12.1 Å². The van der Waals surface area contributed by atoms with Gasteiger partial charge in [-0.25, -0.2) is 17.6 Å². The van der Waals surface area contributed by atoms with Crippen LogP contribution in [0.4, 0.5) is 4.39 Å². The minimum absolute atomic E-state index is 0.0111. The second kappa shape index (κ2) is 5.42. The molecule has 0 bridgehead atoms. The molecule has 0 fully saturated rings. The van der Waals surface area contributed by atoms with Crippen LogP contribution in [0.3, 0.4) is 0 Å². The van der Waals surface area contributed by atoms with Gasteiger partial charge < -0.3 is 5.11 Å². The molecule has 2 rings (SSSR count). The summed E-state index contributed by atoms with van der Waals surface area (Å²) in [7, 11) is -3.71. The summed E-state index contributed by atoms with van der Waals surface area (Å²) in [6, 6.07) is 10.4. The van der Waals surface area contributed by atoms with E-state index in [2.05, 4.69) is 0 Å². The molecular weight excluding hydrogens is 283 g/mol. The number of carboxylic acids is 1. The molecule has 0 amide bonds. The molecule has 0 aromatic heterocycles. The van der Waals surface area contributed by atoms with Gasteiger partial charge in [0.15, 0.2) is 9.84 Å². The van der Waals surface area contributed by atoms with E-state index < -0.39 is 21.6 Å². The van der Waals surface area contributed by atoms with Gasteiger partial charge in [-0.3, -0.25) is 0 Å². The maximum absolute atomic E-state index is 13.1. The highest BCUT2D eigenvalue weighted by atomic mass is 32.2. The number of hydrogen-bond acceptors (Lipinski definition) is 3. The predicted octanol–water partition coefficient (Wildman–Crippen LogP) is 2.50. The van der Waals surface area contributed by atoms with Gasteiger partial charge in [0.05, 0.1) is 16.2 Å². The third-order valence-electron chi connectivity index (χ3n) is 2.69. The summed E-state index contributed by atoms with van der Waals surface area (Å²) in [5.74, 6) is -2.14. The van der Waals surface area contributed by atoms with Crippen LogP contribution in [-0.4, -0.2) is 19.5 Å². The molecule has 0 spiro atoms. The average molecular weight is 294 g/mol. The van der Waals surface area contributed by atoms with Gasteiger partial charge in [-0.15, -0.1) is 0 Å². The Balaban J connectivity index is 2.33. The molecule has 20 heavy (non-hydrogen) atoms. The molecule has 0 radical (unpaired) electrons. The van der Waals surface area contributed by atoms with Gasteiger partial charge in [-0.2, -0.15) is 0 Å². The molecule has 0 saturated heterocycles. The zero-order chi connectivity index (χ0) is 14.8. The van der Waals surface area contributed by atoms with Crippen molar-refractivity contribution in [2.24, 2.45) is 0 Å². The van der Waals surface area contributed by atoms with Gasteiger partial charge in [0, 0.05) is 0 Å². The molecule has 2 aromatic rings. The maximum atomic E-state index is 13.1. The Morgan fingerprint density at radius 1 is 1.10 bits per heavy atom. The van der Waals surface area contributed by atoms with E-state index in [1.54, 1.807) is 0 Å². The number of carboxylic acid groups (broad SMARTS) is 1. The van der Waals surface area contributed by atoms with E-state index in [1.807, 2.05) is 0 Å². The number of carbonyl (C=O) groups is 1. The zero-order valence-corrected chi connectivity index (χ0v) is 11.1. The number of rotatable bonds is 4. The highest BCUT2D eigenvalue weighted by molar-refractivity contribution is 7.90. The van der Waals surface area contributed by atoms with Crippen LogP contribution < -0.4 is 0 Å². The second-order valence-corrected chi connectivity index (χ2v) is 6.21. The van der Waals surface area contributed by atoms with Crippen LogP contribution in [0.2, 0.25) is 0 Å². The zero-order valence-electron chi connectivity index (χ0n) is 10.3. The lowest BCUT2D eigenvalue weighted by molar-refractivity contribution is 0.0696. The molecule has 4 nitrogen and oxygen atoms in total. The molecule has 2 aromatic carbocycles. The Morgan fingerprint density at radius 2 is 1.80 bits per heavy atom. The van der Waals surface area contributed by atoms with Crippen LogP contribution in [-0.2, 0) is 15.6 Å². The van der Waals surface area contributed by atoms with E-state index in [0.29, 0.717) is 5.56 Å². The van der Waals surface area contributed by atoms with Gasteiger partial charge in [0.2, 0.25) is 0 Å². The number of halogens is 1. The van der Waals surface area contributed by atoms with E-state index in [4.69, 9.17) is 5.11 Å². The lowest BCUT2D eigenvalue weighted by Gasteiger charge is -2.05. The lowest BCUT2D eigenvalue weighted by Crippen LogP contribution is -2.06. The monoisotopic (exact) mass is 294 g/mol. The fraction of sp³-hybridized carbons (Fsp3) is 0.0714. The SMILES string of the molecule is O=C(O)c1cccc(CS(=O)(=O)c2cccc(F)c2)c1. The Labute approximate surface area is 115 Å². The molecule has 104 valence electrons. The summed E-state index contributed by atoms with van der Waals surface area (Å²) < 4.78 is 37.3. The summed E-state index contributed by atoms with van der Waals surface area (Å²) in [4.78, 5) is 10.7. The van der Waals surface area contributed by atoms with Crippen molar-refractivity contribution >= 4 is 15.8 Å². The van der Waals surface area contributed by atoms with E-state index in [-0.39, 0.29) is 16.2 Å². The Morgan fingerprint density at radius 3 is 2.45 bits per heavy atom. The molecule has 0 aliphatic heterocycles. The highest BCUT2D eigenvalue weighted by Crippen LogP contribution is 2.18. The van der Waals surface area contributed by atoms with Gasteiger partial charge in [-0.05, 0) is 35.9 Å². The van der Waals surface area contributed by atoms with Crippen LogP contribution in [0.25, 0.3) is 0 Å². The fourth-order valence-electron chi connectivity index (χ4n) is 1.76. The molecule has 0 heterocycles. The van der Waals surface area contributed by atoms with E-state index >= 15 is 0 Å². The van der Waals surface area contributed by atoms with Crippen LogP contribution >= 0.6 is 0 Å². The smallest absolute Gasteiger partial charge is 0.335 e. The average Bonchev–Trinajstić information content (AvgIpc) is 2.38. The molecule has 0 aliphatic carbocycles. The highest BCUT2D eigenvalue weighted by Gasteiger charge is 2.16. The predicted molar refractivity (Wildman–Crippen MR) is 70.7 cm³/mol. The molecule has 1 N–H and O–H groups in total. The number of sulfone groups is 1. The van der Waals surface area contributed by atoms with Crippen molar-refractivity contribution in [3.05, 3.63) is 65.5 Å². The van der Waals surface area contributed by atoms with Crippen molar-refractivity contribution in [2.75, 3.05) is 0 Å². The molecule has 0 unspecified atom stereocenters. The third kappa shape index (κ3) is 3.21. The van der Waals surface area contributed by atoms with Gasteiger partial charge >= 0.3 is 5.97 Å². The second-order valence-electron chi connectivity index (χ2n) is 4.22. The summed E-state index contributed by atoms with van der Waals surface area (Å²) in [5, 5.41) is 8.86. The first-order valence-electron chi connectivity index (χ1n) is 5.69. The van der Waals surface area contributed by atoms with Crippen molar-refractivity contribution in [1.29, 1.82) is 0 Å². The minimum atomic E-state index is -3.71. The van der Waals surface area contributed by atoms with Crippen LogP contribution in [0, 0.1) is 5.82 Å². The normalized spacial score (nSPS) is 11.2. The molecule has 0 saturated carbocycles. The first-order valence-corrected chi connectivity index (χ1v) is 7.34. The summed E-state index contributed by atoms with van der Waals surface area (Å²) in [5.41, 5.74) is 0.353. The molecular formula is C14H11FO4S. The first kappa shape index (κ1) is 14.2. The summed E-state index contributed by atoms with van der Waals surface area (Å²) >= 11 is 0. The Hall–Kier alpha value is -2.21. The third-order valence-corrected chi connectivity index (χ3v) is 4.37. The number of aromatic carboxylic acids is 1. The van der Waals surface area contributed by atoms with Gasteiger partial charge in [0.25, 0.3) is 0 Å². The van der Waals surface area contributed by atoms with Crippen molar-refractivity contribution in [3.63, 3.8) is 0 Å². The van der Waals surface area contributed by atoms with Crippen molar-refractivity contribution < 1.29 is 22.7 Å². The number of benzene rings is 2. The van der Waals surface area contributed by atoms with Crippen molar-refractivity contribution in [3.8, 4) is 0 Å². The fourth-order valence-corrected chi connectivity index (χ4v) is 3.12. The van der Waals surface area contributed by atoms with Crippen LogP contribution in [0.15, 0.2) is 53.4 Å². The van der Waals surface area contributed by atoms with Gasteiger partial charge in [0.1, 0.15) is 5.82 Å². The molecule has 6 heteroatoms. The van der Waals surface area contributed by atoms with E-state index in [1.165, 1.54) is 36.4 Å². The van der Waals surface area contributed by atoms with Gasteiger partial charge in [-0.1, -0.05) is 18.2 Å². The maximum Gasteiger partial charge on any atom is 0.335 e. The molecule has 0 aliphatic rings. The minimum Gasteiger partial charge on any atom is -0.478 e. The van der Waals surface area contributed by atoms with Crippen LogP contribution in [0.1, 0.15) is 15.9 Å². The van der Waals surface area contributed by atoms with Crippen LogP contribution in [0.5, 0.6) is 0 Å². The summed E-state index contributed by atoms with van der Waals surface area (Å²) in [6.07, 6.45) is 0. The topological polar surface area (TPSA) is 71.4 Å². The molecule has 0 atom stereocenters. The van der Waals surface area contributed by atoms with E-state index in [9.17, 15) is 17.6 Å². The quantitative estimate of drug-likeness (QED) is 0.940. The van der Waals surface area contributed by atoms with Crippen molar-refractivity contribution in [1.82, 2.24) is 0 Å².